The van der Waals surface area contributed by atoms with Crippen LogP contribution >= 0.6 is 11.3 Å². The third-order valence-electron chi connectivity index (χ3n) is 14.3. The molecule has 18 nitrogen and oxygen atoms in total. The quantitative estimate of drug-likeness (QED) is 0.0100. The molecular weight excluding hydrogens is 1080 g/mol. The van der Waals surface area contributed by atoms with Crippen molar-refractivity contribution < 1.29 is 66.7 Å². The molecule has 0 radical (unpaired) electrons. The number of hydrogen-bond donors (Lipinski definition) is 0. The Labute approximate surface area is 488 Å². The fourth-order valence-electron chi connectivity index (χ4n) is 9.52. The standard InChI is InChI=1S/C64H72N4O14S/c1-4-58(69)77-40-14-8-6-12-38-75-50-26-30-52(31-27-50)79-60(71)45-18-20-47(21-19-45)62(73)81-54-34-35-56(49(42-54)43-66-68(44(3)36-37-65)64-67-55-16-10-11-17-57(55)83-64)82-63(74)48-24-22-46(23-25-48)61(72)80-53-32-28-51(29-33-53)76-39-13-7-9-15-41-78-59(70)5-2/h4-5,10-11,16-17,26-35,42-48H,1-2,6-9,12-15,18-25,36,38-41H2,3H3/b66-43+. The van der Waals surface area contributed by atoms with Crippen molar-refractivity contribution >= 4 is 68.7 Å². The number of ether oxygens (including phenoxy) is 8. The first-order valence-corrected chi connectivity index (χ1v) is 29.3. The van der Waals surface area contributed by atoms with Crippen molar-refractivity contribution in [2.45, 2.75) is 122 Å². The van der Waals surface area contributed by atoms with Gasteiger partial charge in [0.2, 0.25) is 5.13 Å². The van der Waals surface area contributed by atoms with E-state index in [2.05, 4.69) is 19.2 Å². The van der Waals surface area contributed by atoms with Gasteiger partial charge in [-0.05, 0) is 189 Å². The van der Waals surface area contributed by atoms with E-state index in [4.69, 9.17) is 48.0 Å². The van der Waals surface area contributed by atoms with Gasteiger partial charge >= 0.3 is 35.8 Å². The van der Waals surface area contributed by atoms with Crippen LogP contribution in [0.25, 0.3) is 10.2 Å². The molecule has 7 rings (SSSR count). The molecule has 0 aliphatic heterocycles. The summed E-state index contributed by atoms with van der Waals surface area (Å²) in [5, 5.41) is 16.7. The number of hydrogen-bond acceptors (Lipinski definition) is 19. The van der Waals surface area contributed by atoms with E-state index in [1.54, 1.807) is 71.7 Å². The first-order valence-electron chi connectivity index (χ1n) is 28.5. The molecule has 1 unspecified atom stereocenters. The van der Waals surface area contributed by atoms with Crippen LogP contribution in [0.4, 0.5) is 5.13 Å². The first-order chi connectivity index (χ1) is 40.4. The number of benzene rings is 4. The van der Waals surface area contributed by atoms with Crippen LogP contribution in [0.2, 0.25) is 0 Å². The average Bonchev–Trinajstić information content (AvgIpc) is 4.05. The SMILES string of the molecule is C=CC(=O)OCCCCCCOc1ccc(OC(=O)C2CCC(C(=O)Oc3ccc(OC(=O)C4CCC(C(=O)Oc5ccc(OCCCCCCOC(=O)C=C)cc5)CC4)c(/C=N/N(c4nc5ccccc5s4)C(C)CC#N)c3)CC2)cc1. The minimum absolute atomic E-state index is 0.137. The fourth-order valence-corrected chi connectivity index (χ4v) is 10.5. The fraction of sp³-hybridized carbons (Fsp3) is 0.422. The molecule has 0 saturated heterocycles. The summed E-state index contributed by atoms with van der Waals surface area (Å²) < 4.78 is 46.1. The molecule has 0 amide bonds. The molecule has 1 heterocycles. The molecule has 2 saturated carbocycles. The van der Waals surface area contributed by atoms with Gasteiger partial charge in [0, 0.05) is 17.7 Å². The number of carbonyl (C=O) groups is 6. The molecule has 83 heavy (non-hydrogen) atoms. The summed E-state index contributed by atoms with van der Waals surface area (Å²) in [6.07, 6.45) is 14.1. The van der Waals surface area contributed by atoms with Crippen LogP contribution in [-0.4, -0.2) is 79.5 Å². The molecule has 2 aliphatic carbocycles. The smallest absolute Gasteiger partial charge is 0.330 e. The van der Waals surface area contributed by atoms with Crippen LogP contribution in [-0.2, 0) is 38.2 Å². The summed E-state index contributed by atoms with van der Waals surface area (Å²) in [7, 11) is 0. The topological polar surface area (TPSA) is 229 Å². The summed E-state index contributed by atoms with van der Waals surface area (Å²) in [5.41, 5.74) is 1.10. The maximum absolute atomic E-state index is 13.9. The number of thiazole rings is 1. The van der Waals surface area contributed by atoms with Gasteiger partial charge < -0.3 is 37.9 Å². The van der Waals surface area contributed by atoms with Crippen molar-refractivity contribution in [2.24, 2.45) is 28.8 Å². The van der Waals surface area contributed by atoms with Gasteiger partial charge in [-0.1, -0.05) is 36.6 Å². The predicted molar refractivity (Wildman–Crippen MR) is 312 cm³/mol. The van der Waals surface area contributed by atoms with Crippen molar-refractivity contribution in [2.75, 3.05) is 31.4 Å². The van der Waals surface area contributed by atoms with Gasteiger partial charge in [0.15, 0.2) is 0 Å². The normalized spacial score (nSPS) is 17.0. The van der Waals surface area contributed by atoms with Crippen LogP contribution in [0, 0.1) is 35.0 Å². The lowest BCUT2D eigenvalue weighted by atomic mass is 9.82. The maximum atomic E-state index is 13.9. The van der Waals surface area contributed by atoms with Crippen LogP contribution < -0.4 is 33.4 Å². The van der Waals surface area contributed by atoms with E-state index in [1.165, 1.54) is 17.6 Å². The second-order valence-corrected chi connectivity index (χ2v) is 21.5. The zero-order valence-corrected chi connectivity index (χ0v) is 47.8. The number of fused-ring (bicyclic) bond motifs is 1. The third kappa shape index (κ3) is 19.9. The van der Waals surface area contributed by atoms with Crippen LogP contribution in [0.15, 0.2) is 121 Å². The minimum Gasteiger partial charge on any atom is -0.494 e. The highest BCUT2D eigenvalue weighted by Gasteiger charge is 2.34. The maximum Gasteiger partial charge on any atom is 0.330 e. The van der Waals surface area contributed by atoms with E-state index in [0.29, 0.717) is 111 Å². The Kier molecular flexibility index (Phi) is 24.7. The number of hydrazone groups is 1. The minimum atomic E-state index is -0.503. The van der Waals surface area contributed by atoms with Crippen LogP contribution in [0.1, 0.15) is 122 Å². The van der Waals surface area contributed by atoms with Gasteiger partial charge in [-0.25, -0.2) is 19.6 Å². The van der Waals surface area contributed by atoms with Crippen molar-refractivity contribution in [3.05, 3.63) is 122 Å². The number of para-hydroxylation sites is 1. The van der Waals surface area contributed by atoms with Gasteiger partial charge in [-0.2, -0.15) is 10.4 Å². The molecule has 2 aliphatic rings. The molecule has 0 bridgehead atoms. The third-order valence-corrected chi connectivity index (χ3v) is 15.3. The van der Waals surface area contributed by atoms with Gasteiger partial charge in [-0.15, -0.1) is 0 Å². The number of nitrogens with zero attached hydrogens (tertiary/aromatic N) is 4. The van der Waals surface area contributed by atoms with E-state index in [1.807, 2.05) is 31.2 Å². The van der Waals surface area contributed by atoms with E-state index >= 15 is 0 Å². The van der Waals surface area contributed by atoms with E-state index in [-0.39, 0.29) is 29.9 Å². The lowest BCUT2D eigenvalue weighted by Crippen LogP contribution is -2.31. The Morgan fingerprint density at radius 1 is 0.590 bits per heavy atom. The molecule has 4 aromatic carbocycles. The Bertz CT molecular complexity index is 3010. The second-order valence-electron chi connectivity index (χ2n) is 20.5. The molecular formula is C64H72N4O14S. The van der Waals surface area contributed by atoms with Crippen LogP contribution in [0.3, 0.4) is 0 Å². The Morgan fingerprint density at radius 3 is 1.47 bits per heavy atom. The monoisotopic (exact) mass is 1150 g/mol. The molecule has 1 atom stereocenters. The predicted octanol–water partition coefficient (Wildman–Crippen LogP) is 12.4. The lowest BCUT2D eigenvalue weighted by Gasteiger charge is -2.26. The summed E-state index contributed by atoms with van der Waals surface area (Å²) in [6.45, 7) is 10.4. The molecule has 0 spiro atoms. The zero-order valence-electron chi connectivity index (χ0n) is 47.0. The molecule has 2 fully saturated rings. The highest BCUT2D eigenvalue weighted by Crippen LogP contribution is 2.36. The molecule has 1 aromatic heterocycles. The Morgan fingerprint density at radius 2 is 1.01 bits per heavy atom. The summed E-state index contributed by atoms with van der Waals surface area (Å²) in [6, 6.07) is 27.9. The lowest BCUT2D eigenvalue weighted by molar-refractivity contribution is -0.145. The molecule has 0 N–H and O–H groups in total. The number of carbonyl (C=O) groups excluding carboxylic acids is 6. The van der Waals surface area contributed by atoms with Gasteiger partial charge in [0.05, 0.1) is 85.1 Å². The number of esters is 6. The van der Waals surface area contributed by atoms with Crippen molar-refractivity contribution in [3.63, 3.8) is 0 Å². The highest BCUT2D eigenvalue weighted by molar-refractivity contribution is 7.22. The van der Waals surface area contributed by atoms with Crippen molar-refractivity contribution in [3.8, 4) is 40.6 Å². The molecule has 19 heteroatoms. The number of nitriles is 1. The van der Waals surface area contributed by atoms with E-state index < -0.39 is 53.6 Å². The highest BCUT2D eigenvalue weighted by atomic mass is 32.1. The van der Waals surface area contributed by atoms with Gasteiger partial charge in [0.1, 0.15) is 34.5 Å². The number of anilines is 1. The van der Waals surface area contributed by atoms with Gasteiger partial charge in [0.25, 0.3) is 0 Å². The number of aromatic nitrogens is 1. The summed E-state index contributed by atoms with van der Waals surface area (Å²) in [5.74, 6) is -1.85. The summed E-state index contributed by atoms with van der Waals surface area (Å²) >= 11 is 1.42. The summed E-state index contributed by atoms with van der Waals surface area (Å²) in [4.78, 5) is 81.2. The van der Waals surface area contributed by atoms with E-state index in [9.17, 15) is 34.0 Å². The van der Waals surface area contributed by atoms with Gasteiger partial charge in [-0.3, -0.25) is 19.2 Å². The Hall–Kier alpha value is -8.37. The molecule has 438 valence electrons. The molecule has 5 aromatic rings. The largest absolute Gasteiger partial charge is 0.494 e. The number of unbranched alkanes of at least 4 members (excludes halogenated alkanes) is 6. The van der Waals surface area contributed by atoms with E-state index in [0.717, 1.165) is 73.7 Å². The zero-order chi connectivity index (χ0) is 58.8. The van der Waals surface area contributed by atoms with Crippen molar-refractivity contribution in [1.82, 2.24) is 4.98 Å². The first kappa shape index (κ1) is 62.2. The number of rotatable bonds is 31. The van der Waals surface area contributed by atoms with Crippen molar-refractivity contribution in [1.29, 1.82) is 5.26 Å². The van der Waals surface area contributed by atoms with Crippen LogP contribution in [0.5, 0.6) is 34.5 Å². The second kappa shape index (κ2) is 32.9. The Balaban J connectivity index is 0.910. The average molecular weight is 1150 g/mol.